The van der Waals surface area contributed by atoms with Crippen molar-refractivity contribution in [1.82, 2.24) is 20.2 Å². The predicted molar refractivity (Wildman–Crippen MR) is 144 cm³/mol. The molecular formula is C28H24N6O3. The molecule has 9 nitrogen and oxygen atoms in total. The summed E-state index contributed by atoms with van der Waals surface area (Å²) in [5.74, 6) is 0.753. The van der Waals surface area contributed by atoms with Crippen LogP contribution in [0.25, 0.3) is 45.6 Å². The van der Waals surface area contributed by atoms with Gasteiger partial charge in [0.25, 0.3) is 5.69 Å². The van der Waals surface area contributed by atoms with Gasteiger partial charge in [-0.3, -0.25) is 20.0 Å². The van der Waals surface area contributed by atoms with E-state index >= 15 is 0 Å². The van der Waals surface area contributed by atoms with Gasteiger partial charge >= 0.3 is 0 Å². The highest BCUT2D eigenvalue weighted by Gasteiger charge is 2.43. The molecule has 184 valence electrons. The molecular weight excluding hydrogens is 468 g/mol. The molecule has 0 spiro atoms. The molecule has 2 N–H and O–H groups in total. The Labute approximate surface area is 212 Å². The van der Waals surface area contributed by atoms with E-state index in [1.807, 2.05) is 74.2 Å². The van der Waals surface area contributed by atoms with E-state index in [9.17, 15) is 14.9 Å². The molecule has 37 heavy (non-hydrogen) atoms. The molecule has 0 atom stereocenters. The van der Waals surface area contributed by atoms with E-state index < -0.39 is 10.3 Å². The van der Waals surface area contributed by atoms with E-state index in [1.165, 1.54) is 12.1 Å². The fourth-order valence-electron chi connectivity index (χ4n) is 5.01. The van der Waals surface area contributed by atoms with Gasteiger partial charge in [-0.15, -0.1) is 0 Å². The lowest BCUT2D eigenvalue weighted by Gasteiger charge is -2.18. The van der Waals surface area contributed by atoms with Crippen LogP contribution in [-0.4, -0.2) is 37.5 Å². The van der Waals surface area contributed by atoms with Gasteiger partial charge in [0.05, 0.1) is 32.6 Å². The Morgan fingerprint density at radius 2 is 1.84 bits per heavy atom. The third-order valence-corrected chi connectivity index (χ3v) is 7.02. The first-order chi connectivity index (χ1) is 17.8. The van der Waals surface area contributed by atoms with E-state index in [0.29, 0.717) is 18.1 Å². The third kappa shape index (κ3) is 3.58. The number of fused-ring (bicyclic) bond motifs is 3. The number of nitrogens with one attached hydrogen (secondary N) is 2. The van der Waals surface area contributed by atoms with Crippen LogP contribution in [0, 0.1) is 10.1 Å². The second kappa shape index (κ2) is 8.12. The number of aromatic amines is 2. The van der Waals surface area contributed by atoms with Crippen LogP contribution >= 0.6 is 0 Å². The lowest BCUT2D eigenvalue weighted by Crippen LogP contribution is -2.35. The van der Waals surface area contributed by atoms with Gasteiger partial charge in [0, 0.05) is 24.1 Å². The Morgan fingerprint density at radius 1 is 1.05 bits per heavy atom. The summed E-state index contributed by atoms with van der Waals surface area (Å²) in [6.45, 7) is 6.50. The summed E-state index contributed by atoms with van der Waals surface area (Å²) in [6, 6.07) is 16.4. The number of carbonyl (C=O) groups excluding carboxylic acids is 1. The monoisotopic (exact) mass is 492 g/mol. The number of rotatable bonds is 5. The van der Waals surface area contributed by atoms with E-state index in [1.54, 1.807) is 6.07 Å². The van der Waals surface area contributed by atoms with Crippen molar-refractivity contribution >= 4 is 51.4 Å². The van der Waals surface area contributed by atoms with Crippen molar-refractivity contribution in [2.24, 2.45) is 0 Å². The number of non-ortho nitro benzene ring substituents is 1. The van der Waals surface area contributed by atoms with Crippen molar-refractivity contribution in [3.63, 3.8) is 0 Å². The van der Waals surface area contributed by atoms with E-state index in [4.69, 9.17) is 4.98 Å². The zero-order valence-corrected chi connectivity index (χ0v) is 20.6. The average Bonchev–Trinajstić information content (AvgIpc) is 3.54. The minimum Gasteiger partial charge on any atom is -0.337 e. The molecule has 0 aliphatic carbocycles. The maximum atomic E-state index is 12.9. The van der Waals surface area contributed by atoms with Crippen molar-refractivity contribution < 1.29 is 9.72 Å². The molecule has 3 heterocycles. The normalized spacial score (nSPS) is 14.8. The van der Waals surface area contributed by atoms with E-state index in [0.717, 1.165) is 44.3 Å². The minimum absolute atomic E-state index is 0.0597. The highest BCUT2D eigenvalue weighted by molar-refractivity contribution is 6.09. The highest BCUT2D eigenvalue weighted by Crippen LogP contribution is 2.43. The number of benzene rings is 3. The van der Waals surface area contributed by atoms with Crippen molar-refractivity contribution in [2.45, 2.75) is 26.2 Å². The SMILES string of the molecule is CCN1C(=O)C(C)(C)c2cc3[nH]c(-c4n[nH]c5cc(/C=C/c6cccc([N+](=O)[O-])c6)ccc45)nc3cc21. The summed E-state index contributed by atoms with van der Waals surface area (Å²) in [6.07, 6.45) is 3.75. The molecule has 1 aliphatic heterocycles. The van der Waals surface area contributed by atoms with Gasteiger partial charge in [-0.25, -0.2) is 4.98 Å². The van der Waals surface area contributed by atoms with Crippen LogP contribution in [0.3, 0.4) is 0 Å². The zero-order chi connectivity index (χ0) is 25.9. The van der Waals surface area contributed by atoms with Crippen LogP contribution in [0.5, 0.6) is 0 Å². The predicted octanol–water partition coefficient (Wildman–Crippen LogP) is 5.83. The summed E-state index contributed by atoms with van der Waals surface area (Å²) in [5.41, 5.74) is 6.27. The van der Waals surface area contributed by atoms with Gasteiger partial charge in [-0.1, -0.05) is 30.4 Å². The zero-order valence-electron chi connectivity index (χ0n) is 20.6. The minimum atomic E-state index is -0.585. The molecule has 1 aliphatic rings. The van der Waals surface area contributed by atoms with Crippen molar-refractivity contribution in [2.75, 3.05) is 11.4 Å². The number of amides is 1. The lowest BCUT2D eigenvalue weighted by atomic mass is 9.86. The number of nitrogens with zero attached hydrogens (tertiary/aromatic N) is 4. The summed E-state index contributed by atoms with van der Waals surface area (Å²) in [7, 11) is 0. The first kappa shape index (κ1) is 22.7. The molecule has 9 heteroatoms. The molecule has 0 saturated carbocycles. The molecule has 0 saturated heterocycles. The van der Waals surface area contributed by atoms with Gasteiger partial charge in [-0.2, -0.15) is 5.10 Å². The van der Waals surface area contributed by atoms with Gasteiger partial charge in [0.1, 0.15) is 5.69 Å². The number of likely N-dealkylation sites (N-methyl/N-ethyl adjacent to an activating group) is 1. The fourth-order valence-corrected chi connectivity index (χ4v) is 5.01. The van der Waals surface area contributed by atoms with Gasteiger partial charge < -0.3 is 9.88 Å². The lowest BCUT2D eigenvalue weighted by molar-refractivity contribution is -0.384. The van der Waals surface area contributed by atoms with Crippen LogP contribution in [0.2, 0.25) is 0 Å². The van der Waals surface area contributed by atoms with Crippen LogP contribution in [0.1, 0.15) is 37.5 Å². The molecule has 0 radical (unpaired) electrons. The summed E-state index contributed by atoms with van der Waals surface area (Å²) >= 11 is 0. The molecule has 1 amide bonds. The summed E-state index contributed by atoms with van der Waals surface area (Å²) < 4.78 is 0. The summed E-state index contributed by atoms with van der Waals surface area (Å²) in [4.78, 5) is 33.5. The van der Waals surface area contributed by atoms with Crippen molar-refractivity contribution in [3.8, 4) is 11.5 Å². The Balaban J connectivity index is 1.34. The second-order valence-corrected chi connectivity index (χ2v) is 9.71. The molecule has 0 bridgehead atoms. The van der Waals surface area contributed by atoms with Crippen molar-refractivity contribution in [3.05, 3.63) is 81.4 Å². The maximum absolute atomic E-state index is 12.9. The van der Waals surface area contributed by atoms with Gasteiger partial charge in [-0.05, 0) is 61.7 Å². The molecule has 2 aromatic heterocycles. The Hall–Kier alpha value is -4.79. The number of hydrogen-bond acceptors (Lipinski definition) is 5. The topological polar surface area (TPSA) is 121 Å². The number of hydrogen-bond donors (Lipinski definition) is 2. The molecule has 0 fully saturated rings. The van der Waals surface area contributed by atoms with Crippen LogP contribution < -0.4 is 4.90 Å². The number of anilines is 1. The standard InChI is InChI=1S/C28H24N6O3/c1-4-33-24-15-23-22(14-20(24)28(2,3)27(33)35)29-26(30-23)25-19-11-10-17(13-21(19)31-32-25)9-8-16-6-5-7-18(12-16)34(36)37/h5-15H,4H2,1-3H3,(H,29,30)(H,31,32)/b9-8+. The van der Waals surface area contributed by atoms with E-state index in [-0.39, 0.29) is 11.6 Å². The number of imidazole rings is 1. The molecule has 3 aromatic carbocycles. The van der Waals surface area contributed by atoms with Gasteiger partial charge in [0.2, 0.25) is 5.91 Å². The number of nitro benzene ring substituents is 1. The number of aromatic nitrogens is 4. The number of nitro groups is 1. The van der Waals surface area contributed by atoms with Crippen LogP contribution in [0.15, 0.2) is 54.6 Å². The van der Waals surface area contributed by atoms with Crippen LogP contribution in [0.4, 0.5) is 11.4 Å². The molecule has 0 unspecified atom stereocenters. The quantitative estimate of drug-likeness (QED) is 0.182. The first-order valence-electron chi connectivity index (χ1n) is 12.0. The largest absolute Gasteiger partial charge is 0.337 e. The smallest absolute Gasteiger partial charge is 0.270 e. The van der Waals surface area contributed by atoms with Gasteiger partial charge in [0.15, 0.2) is 5.82 Å². The number of carbonyl (C=O) groups is 1. The highest BCUT2D eigenvalue weighted by atomic mass is 16.6. The first-order valence-corrected chi connectivity index (χ1v) is 12.0. The number of H-pyrrole nitrogens is 2. The fraction of sp³-hybridized carbons (Fsp3) is 0.179. The third-order valence-electron chi connectivity index (χ3n) is 7.02. The van der Waals surface area contributed by atoms with E-state index in [2.05, 4.69) is 15.2 Å². The average molecular weight is 493 g/mol. The Kier molecular flexibility index (Phi) is 4.98. The Morgan fingerprint density at radius 3 is 2.59 bits per heavy atom. The second-order valence-electron chi connectivity index (χ2n) is 9.71. The Bertz CT molecular complexity index is 1760. The van der Waals surface area contributed by atoms with Crippen LogP contribution in [-0.2, 0) is 10.2 Å². The van der Waals surface area contributed by atoms with Crippen molar-refractivity contribution in [1.29, 1.82) is 0 Å². The summed E-state index contributed by atoms with van der Waals surface area (Å²) in [5, 5.41) is 19.5. The molecule has 5 aromatic rings. The maximum Gasteiger partial charge on any atom is 0.270 e. The molecule has 6 rings (SSSR count).